The van der Waals surface area contributed by atoms with E-state index in [1.807, 2.05) is 6.07 Å². The first-order chi connectivity index (χ1) is 7.29. The Morgan fingerprint density at radius 1 is 1.00 bits per heavy atom. The maximum atomic E-state index is 10.3. The normalized spacial score (nSPS) is 12.6. The van der Waals surface area contributed by atoms with Crippen LogP contribution in [0, 0.1) is 0 Å². The monoisotopic (exact) mass is 225 g/mol. The third-order valence-corrected chi connectivity index (χ3v) is 2.99. The zero-order valence-corrected chi connectivity index (χ0v) is 9.67. The molecule has 84 valence electrons. The molecule has 0 radical (unpaired) electrons. The van der Waals surface area contributed by atoms with E-state index in [2.05, 4.69) is 24.3 Å². The molecule has 2 nitrogen and oxygen atoms in total. The fourth-order valence-corrected chi connectivity index (χ4v) is 1.99. The summed E-state index contributed by atoms with van der Waals surface area (Å²) in [5.74, 6) is 0.311. The van der Waals surface area contributed by atoms with Crippen LogP contribution in [0.2, 0.25) is 0 Å². The van der Waals surface area contributed by atoms with Gasteiger partial charge in [0.25, 0.3) is 0 Å². The molecule has 0 aliphatic heterocycles. The van der Waals surface area contributed by atoms with Crippen molar-refractivity contribution in [1.82, 2.24) is 0 Å². The summed E-state index contributed by atoms with van der Waals surface area (Å²) in [6.45, 7) is 0. The first-order valence-corrected chi connectivity index (χ1v) is 6.63. The predicted molar refractivity (Wildman–Crippen MR) is 62.4 cm³/mol. The molecule has 1 aromatic rings. The lowest BCUT2D eigenvalue weighted by molar-refractivity contribution is 0.532. The molecule has 0 heterocycles. The molecule has 0 aliphatic rings. The van der Waals surface area contributed by atoms with Crippen molar-refractivity contribution in [2.24, 2.45) is 0 Å². The summed E-state index contributed by atoms with van der Waals surface area (Å²) < 4.78 is 20.5. The highest BCUT2D eigenvalue weighted by Crippen LogP contribution is 2.07. The van der Waals surface area contributed by atoms with E-state index >= 15 is 0 Å². The zero-order chi connectivity index (χ0) is 10.9. The number of aryl methyl sites for hydroxylation is 1. The van der Waals surface area contributed by atoms with Crippen LogP contribution in [0.4, 0.5) is 0 Å². The maximum Gasteiger partial charge on any atom is 0.0102 e. The smallest absolute Gasteiger partial charge is 0.0102 e. The molecule has 0 amide bonds. The highest BCUT2D eigenvalue weighted by Gasteiger charge is 1.93. The predicted octanol–water partition coefficient (Wildman–Crippen LogP) is 2.67. The molecule has 3 heteroatoms. The molecular formula is C12H17O2S-. The van der Waals surface area contributed by atoms with Crippen LogP contribution in [-0.4, -0.2) is 14.5 Å². The fraction of sp³-hybridized carbons (Fsp3) is 0.500. The van der Waals surface area contributed by atoms with Gasteiger partial charge in [-0.3, -0.25) is 4.21 Å². The van der Waals surface area contributed by atoms with E-state index in [9.17, 15) is 8.76 Å². The molecule has 1 rings (SSSR count). The molecule has 0 N–H and O–H groups in total. The molecule has 15 heavy (non-hydrogen) atoms. The van der Waals surface area contributed by atoms with Crippen molar-refractivity contribution in [2.45, 2.75) is 32.1 Å². The molecule has 0 saturated heterocycles. The standard InChI is InChI=1S/C12H18O2S/c13-15(14)11-7-2-1-4-8-12-9-5-3-6-10-12/h3,5-6,9-10H,1-2,4,7-8,11H2,(H,13,14)/p-1. The van der Waals surface area contributed by atoms with Crippen LogP contribution in [0.5, 0.6) is 0 Å². The van der Waals surface area contributed by atoms with Crippen LogP contribution < -0.4 is 0 Å². The van der Waals surface area contributed by atoms with Crippen LogP contribution >= 0.6 is 0 Å². The molecule has 0 bridgehead atoms. The average molecular weight is 225 g/mol. The Labute approximate surface area is 94.0 Å². The van der Waals surface area contributed by atoms with Gasteiger partial charge in [-0.25, -0.2) is 0 Å². The van der Waals surface area contributed by atoms with Crippen molar-refractivity contribution < 1.29 is 8.76 Å². The molecule has 1 atom stereocenters. The van der Waals surface area contributed by atoms with Crippen molar-refractivity contribution in [1.29, 1.82) is 0 Å². The molecule has 0 aliphatic carbocycles. The van der Waals surface area contributed by atoms with Crippen LogP contribution in [0.3, 0.4) is 0 Å². The van der Waals surface area contributed by atoms with Crippen LogP contribution in [0.25, 0.3) is 0 Å². The zero-order valence-electron chi connectivity index (χ0n) is 8.85. The lowest BCUT2D eigenvalue weighted by Crippen LogP contribution is -1.95. The Bertz CT molecular complexity index is 285. The van der Waals surface area contributed by atoms with E-state index in [0.717, 1.165) is 32.1 Å². The van der Waals surface area contributed by atoms with Gasteiger partial charge >= 0.3 is 0 Å². The van der Waals surface area contributed by atoms with Gasteiger partial charge in [-0.05, 0) is 24.8 Å². The quantitative estimate of drug-likeness (QED) is 0.528. The van der Waals surface area contributed by atoms with Crippen molar-refractivity contribution in [3.8, 4) is 0 Å². The molecule has 0 spiro atoms. The van der Waals surface area contributed by atoms with Crippen LogP contribution in [-0.2, 0) is 17.5 Å². The van der Waals surface area contributed by atoms with E-state index in [1.54, 1.807) is 0 Å². The molecule has 1 aromatic carbocycles. The Hall–Kier alpha value is -0.670. The minimum absolute atomic E-state index is 0.311. The summed E-state index contributed by atoms with van der Waals surface area (Å²) in [7, 11) is 0. The van der Waals surface area contributed by atoms with Gasteiger partial charge in [0.05, 0.1) is 0 Å². The van der Waals surface area contributed by atoms with Crippen LogP contribution in [0.1, 0.15) is 31.2 Å². The van der Waals surface area contributed by atoms with Gasteiger partial charge in [0.15, 0.2) is 0 Å². The molecule has 0 fully saturated rings. The molecule has 0 saturated carbocycles. The van der Waals surface area contributed by atoms with Gasteiger partial charge in [0.1, 0.15) is 0 Å². The number of hydrogen-bond acceptors (Lipinski definition) is 2. The van der Waals surface area contributed by atoms with E-state index in [4.69, 9.17) is 0 Å². The van der Waals surface area contributed by atoms with Gasteiger partial charge in [0.2, 0.25) is 0 Å². The van der Waals surface area contributed by atoms with Crippen molar-refractivity contribution >= 4 is 11.1 Å². The van der Waals surface area contributed by atoms with E-state index < -0.39 is 11.1 Å². The molecule has 0 aromatic heterocycles. The van der Waals surface area contributed by atoms with Crippen molar-refractivity contribution in [2.75, 3.05) is 5.75 Å². The average Bonchev–Trinajstić information content (AvgIpc) is 2.24. The minimum Gasteiger partial charge on any atom is -0.772 e. The first kappa shape index (κ1) is 12.4. The summed E-state index contributed by atoms with van der Waals surface area (Å²) in [6.07, 6.45) is 5.18. The Morgan fingerprint density at radius 2 is 1.67 bits per heavy atom. The summed E-state index contributed by atoms with van der Waals surface area (Å²) in [5.41, 5.74) is 1.37. The second-order valence-electron chi connectivity index (χ2n) is 3.66. The van der Waals surface area contributed by atoms with Crippen molar-refractivity contribution in [3.63, 3.8) is 0 Å². The summed E-state index contributed by atoms with van der Waals surface area (Å²) in [4.78, 5) is 0. The number of unbranched alkanes of at least 4 members (excludes halogenated alkanes) is 3. The highest BCUT2D eigenvalue weighted by molar-refractivity contribution is 7.79. The first-order valence-electron chi connectivity index (χ1n) is 5.39. The Balaban J connectivity index is 2.00. The van der Waals surface area contributed by atoms with E-state index in [1.165, 1.54) is 5.56 Å². The number of rotatable bonds is 7. The summed E-state index contributed by atoms with van der Waals surface area (Å²) in [6, 6.07) is 10.4. The van der Waals surface area contributed by atoms with Gasteiger partial charge in [-0.2, -0.15) is 0 Å². The molecular weight excluding hydrogens is 208 g/mol. The second kappa shape index (κ2) is 7.60. The van der Waals surface area contributed by atoms with Crippen molar-refractivity contribution in [3.05, 3.63) is 35.9 Å². The number of hydrogen-bond donors (Lipinski definition) is 0. The topological polar surface area (TPSA) is 40.1 Å². The minimum atomic E-state index is -1.86. The lowest BCUT2D eigenvalue weighted by Gasteiger charge is -2.04. The lowest BCUT2D eigenvalue weighted by atomic mass is 10.1. The third-order valence-electron chi connectivity index (χ3n) is 2.37. The third kappa shape index (κ3) is 6.42. The largest absolute Gasteiger partial charge is 0.772 e. The van der Waals surface area contributed by atoms with Gasteiger partial charge in [0, 0.05) is 5.75 Å². The van der Waals surface area contributed by atoms with E-state index in [0.29, 0.717) is 5.75 Å². The Morgan fingerprint density at radius 3 is 2.33 bits per heavy atom. The SMILES string of the molecule is O=S([O-])CCCCCCc1ccccc1. The summed E-state index contributed by atoms with van der Waals surface area (Å²) >= 11 is -1.86. The second-order valence-corrected chi connectivity index (χ2v) is 4.67. The summed E-state index contributed by atoms with van der Waals surface area (Å²) in [5, 5.41) is 0. The highest BCUT2D eigenvalue weighted by atomic mass is 32.2. The van der Waals surface area contributed by atoms with Gasteiger partial charge in [-0.1, -0.05) is 54.3 Å². The van der Waals surface area contributed by atoms with Crippen LogP contribution in [0.15, 0.2) is 30.3 Å². The maximum absolute atomic E-state index is 10.3. The van der Waals surface area contributed by atoms with E-state index in [-0.39, 0.29) is 0 Å². The van der Waals surface area contributed by atoms with Gasteiger partial charge in [-0.15, -0.1) is 0 Å². The number of benzene rings is 1. The Kier molecular flexibility index (Phi) is 6.28. The fourth-order valence-electron chi connectivity index (χ4n) is 1.55. The van der Waals surface area contributed by atoms with Gasteiger partial charge < -0.3 is 4.55 Å². The molecule has 1 unspecified atom stereocenters.